The van der Waals surface area contributed by atoms with Gasteiger partial charge in [-0.05, 0) is 0 Å². The van der Waals surface area contributed by atoms with Crippen LogP contribution in [0.25, 0.3) is 0 Å². The highest BCUT2D eigenvalue weighted by atomic mass is 16.1. The van der Waals surface area contributed by atoms with Crippen LogP contribution in [-0.4, -0.2) is 19.5 Å². The van der Waals surface area contributed by atoms with E-state index in [2.05, 4.69) is 10.6 Å². The van der Waals surface area contributed by atoms with Gasteiger partial charge in [0.15, 0.2) is 0 Å². The molecule has 0 aromatic heterocycles. The van der Waals surface area contributed by atoms with E-state index in [0.29, 0.717) is 0 Å². The van der Waals surface area contributed by atoms with Gasteiger partial charge in [0.25, 0.3) is 0 Å². The van der Waals surface area contributed by atoms with E-state index in [4.69, 9.17) is 5.73 Å². The predicted octanol–water partition coefficient (Wildman–Crippen LogP) is -1.25. The second kappa shape index (κ2) is 4.96. The van der Waals surface area contributed by atoms with Crippen LogP contribution in [0.15, 0.2) is 12.4 Å². The summed E-state index contributed by atoms with van der Waals surface area (Å²) in [5.41, 5.74) is 4.98. The Kier molecular flexibility index (Phi) is 4.30. The summed E-state index contributed by atoms with van der Waals surface area (Å²) < 4.78 is 0. The molecule has 0 rings (SSSR count). The fourth-order valence-corrected chi connectivity index (χ4v) is 0.308. The van der Waals surface area contributed by atoms with Gasteiger partial charge in [0, 0.05) is 19.4 Å². The number of nitrogens with one attached hydrogen (secondary N) is 2. The summed E-state index contributed by atoms with van der Waals surface area (Å²) in [6.45, 7) is 0.268. The largest absolute Gasteiger partial charge is 0.403 e. The van der Waals surface area contributed by atoms with Crippen molar-refractivity contribution in [3.63, 3.8) is 0 Å². The molecule has 0 spiro atoms. The van der Waals surface area contributed by atoms with E-state index in [9.17, 15) is 4.79 Å². The van der Waals surface area contributed by atoms with Crippen LogP contribution in [0.4, 0.5) is 0 Å². The Hall–Kier alpha value is -1.19. The van der Waals surface area contributed by atoms with Crippen LogP contribution >= 0.6 is 0 Å². The molecule has 0 heterocycles. The van der Waals surface area contributed by atoms with E-state index in [1.165, 1.54) is 12.4 Å². The Morgan fingerprint density at radius 2 is 2.44 bits per heavy atom. The summed E-state index contributed by atoms with van der Waals surface area (Å²) >= 11 is 0. The first-order valence-electron chi connectivity index (χ1n) is 2.62. The van der Waals surface area contributed by atoms with Gasteiger partial charge in [-0.15, -0.1) is 0 Å². The zero-order valence-electron chi connectivity index (χ0n) is 5.35. The molecule has 0 aromatic carbocycles. The average Bonchev–Trinajstić information content (AvgIpc) is 1.89. The summed E-state index contributed by atoms with van der Waals surface area (Å²) in [4.78, 5) is 10.4. The lowest BCUT2D eigenvalue weighted by atomic mass is 10.6. The van der Waals surface area contributed by atoms with Crippen molar-refractivity contribution in [2.24, 2.45) is 5.73 Å². The number of hydrogen-bond acceptors (Lipinski definition) is 3. The molecule has 4 nitrogen and oxygen atoms in total. The molecule has 0 saturated carbocycles. The van der Waals surface area contributed by atoms with E-state index in [-0.39, 0.29) is 12.5 Å². The lowest BCUT2D eigenvalue weighted by molar-refractivity contribution is -0.119. The first-order chi connectivity index (χ1) is 4.31. The smallest absolute Gasteiger partial charge is 0.239 e. The highest BCUT2D eigenvalue weighted by Crippen LogP contribution is 1.59. The van der Waals surface area contributed by atoms with Crippen LogP contribution in [-0.2, 0) is 4.79 Å². The summed E-state index contributed by atoms with van der Waals surface area (Å²) in [5, 5.41) is 5.12. The minimum atomic E-state index is -0.0619. The number of carbonyl (C=O) groups excluding carboxylic acids is 1. The maximum absolute atomic E-state index is 10.4. The quantitative estimate of drug-likeness (QED) is 0.446. The Morgan fingerprint density at radius 1 is 1.78 bits per heavy atom. The van der Waals surface area contributed by atoms with Gasteiger partial charge in [-0.2, -0.15) is 0 Å². The number of likely N-dealkylation sites (N-methyl/N-ethyl adjacent to an activating group) is 1. The zero-order chi connectivity index (χ0) is 7.11. The van der Waals surface area contributed by atoms with Gasteiger partial charge in [-0.25, -0.2) is 0 Å². The van der Waals surface area contributed by atoms with E-state index in [1.54, 1.807) is 7.05 Å². The molecule has 0 aromatic rings. The minimum Gasteiger partial charge on any atom is -0.403 e. The maximum Gasteiger partial charge on any atom is 0.239 e. The van der Waals surface area contributed by atoms with Crippen LogP contribution in [0.5, 0.6) is 0 Å². The molecule has 0 aliphatic heterocycles. The van der Waals surface area contributed by atoms with Gasteiger partial charge >= 0.3 is 0 Å². The van der Waals surface area contributed by atoms with Gasteiger partial charge in [-0.1, -0.05) is 0 Å². The fourth-order valence-electron chi connectivity index (χ4n) is 0.308. The van der Waals surface area contributed by atoms with Crippen LogP contribution in [0.1, 0.15) is 0 Å². The van der Waals surface area contributed by atoms with Crippen LogP contribution in [0.3, 0.4) is 0 Å². The van der Waals surface area contributed by atoms with E-state index >= 15 is 0 Å². The fraction of sp³-hybridized carbons (Fsp3) is 0.400. The van der Waals surface area contributed by atoms with Crippen LogP contribution in [0, 0.1) is 0 Å². The number of carbonyl (C=O) groups is 1. The second-order valence-corrected chi connectivity index (χ2v) is 1.41. The molecule has 0 bridgehead atoms. The molecule has 0 atom stereocenters. The number of amides is 1. The normalized spacial score (nSPS) is 9.44. The number of rotatable bonds is 3. The van der Waals surface area contributed by atoms with Crippen LogP contribution in [0.2, 0.25) is 0 Å². The molecule has 1 amide bonds. The standard InChI is InChI=1S/C5H11N3O/c1-7-5(9)4-8-3-2-6/h2-3,8H,4,6H2,1H3,(H,7,9)/b3-2-. The molecule has 0 unspecified atom stereocenters. The van der Waals surface area contributed by atoms with Crippen LogP contribution < -0.4 is 16.4 Å². The molecule has 0 aliphatic rings. The van der Waals surface area contributed by atoms with Gasteiger partial charge in [0.2, 0.25) is 5.91 Å². The molecule has 4 N–H and O–H groups in total. The summed E-state index contributed by atoms with van der Waals surface area (Å²) in [7, 11) is 1.58. The first kappa shape index (κ1) is 7.81. The van der Waals surface area contributed by atoms with Crippen molar-refractivity contribution < 1.29 is 4.79 Å². The monoisotopic (exact) mass is 129 g/mol. The third-order valence-electron chi connectivity index (χ3n) is 0.756. The van der Waals surface area contributed by atoms with Crippen molar-refractivity contribution in [3.8, 4) is 0 Å². The van der Waals surface area contributed by atoms with Crippen molar-refractivity contribution in [3.05, 3.63) is 12.4 Å². The molecule has 0 aliphatic carbocycles. The van der Waals surface area contributed by atoms with Gasteiger partial charge in [-0.3, -0.25) is 4.79 Å². The van der Waals surface area contributed by atoms with E-state index < -0.39 is 0 Å². The van der Waals surface area contributed by atoms with Crippen molar-refractivity contribution in [2.75, 3.05) is 13.6 Å². The predicted molar refractivity (Wildman–Crippen MR) is 35.4 cm³/mol. The number of nitrogens with two attached hydrogens (primary N) is 1. The molecule has 0 fully saturated rings. The Bertz CT molecular complexity index is 111. The minimum absolute atomic E-state index is 0.0619. The highest BCUT2D eigenvalue weighted by Gasteiger charge is 1.90. The summed E-state index contributed by atoms with van der Waals surface area (Å²) in [6.07, 6.45) is 2.85. The van der Waals surface area contributed by atoms with E-state index in [0.717, 1.165) is 0 Å². The first-order valence-corrected chi connectivity index (χ1v) is 2.62. The Morgan fingerprint density at radius 3 is 2.89 bits per heavy atom. The SMILES string of the molecule is CNC(=O)CN/C=C\N. The van der Waals surface area contributed by atoms with E-state index in [1.807, 2.05) is 0 Å². The second-order valence-electron chi connectivity index (χ2n) is 1.41. The average molecular weight is 129 g/mol. The molecular formula is C5H11N3O. The van der Waals surface area contributed by atoms with Crippen molar-refractivity contribution in [1.29, 1.82) is 0 Å². The third-order valence-corrected chi connectivity index (χ3v) is 0.756. The van der Waals surface area contributed by atoms with Crippen molar-refractivity contribution >= 4 is 5.91 Å². The highest BCUT2D eigenvalue weighted by molar-refractivity contribution is 5.77. The molecule has 9 heavy (non-hydrogen) atoms. The maximum atomic E-state index is 10.4. The molecule has 52 valence electrons. The number of hydrogen-bond donors (Lipinski definition) is 3. The van der Waals surface area contributed by atoms with Crippen molar-refractivity contribution in [2.45, 2.75) is 0 Å². The summed E-state index contributed by atoms with van der Waals surface area (Å²) in [5.74, 6) is -0.0619. The summed E-state index contributed by atoms with van der Waals surface area (Å²) in [6, 6.07) is 0. The third kappa shape index (κ3) is 4.67. The lowest BCUT2D eigenvalue weighted by Crippen LogP contribution is -2.28. The molecule has 4 heteroatoms. The molecule has 0 saturated heterocycles. The van der Waals surface area contributed by atoms with Gasteiger partial charge in [0.05, 0.1) is 6.54 Å². The zero-order valence-corrected chi connectivity index (χ0v) is 5.35. The topological polar surface area (TPSA) is 67.2 Å². The molecular weight excluding hydrogens is 118 g/mol. The van der Waals surface area contributed by atoms with Crippen molar-refractivity contribution in [1.82, 2.24) is 10.6 Å². The molecule has 0 radical (unpaired) electrons. The lowest BCUT2D eigenvalue weighted by Gasteiger charge is -1.96. The Labute approximate surface area is 54.1 Å². The van der Waals surface area contributed by atoms with Gasteiger partial charge in [0.1, 0.15) is 0 Å². The Balaban J connectivity index is 3.17. The van der Waals surface area contributed by atoms with Gasteiger partial charge < -0.3 is 16.4 Å².